The van der Waals surface area contributed by atoms with E-state index in [1.54, 1.807) is 30.3 Å². The molecule has 0 fully saturated rings. The summed E-state index contributed by atoms with van der Waals surface area (Å²) in [5.41, 5.74) is 2.21. The molecule has 2 N–H and O–H groups in total. The van der Waals surface area contributed by atoms with Crippen molar-refractivity contribution in [2.45, 2.75) is 6.92 Å². The predicted molar refractivity (Wildman–Crippen MR) is 74.5 cm³/mol. The van der Waals surface area contributed by atoms with Gasteiger partial charge in [-0.15, -0.1) is 0 Å². The van der Waals surface area contributed by atoms with E-state index in [0.29, 0.717) is 5.69 Å². The van der Waals surface area contributed by atoms with Gasteiger partial charge in [0.2, 0.25) is 0 Å². The molecule has 1 heterocycles. The van der Waals surface area contributed by atoms with Crippen LogP contribution in [0.15, 0.2) is 47.1 Å². The summed E-state index contributed by atoms with van der Waals surface area (Å²) in [7, 11) is 0. The Balaban J connectivity index is 2.19. The number of aliphatic carboxylic acids is 1. The van der Waals surface area contributed by atoms with Crippen LogP contribution in [0.2, 0.25) is 0 Å². The van der Waals surface area contributed by atoms with Crippen molar-refractivity contribution in [2.75, 3.05) is 5.32 Å². The van der Waals surface area contributed by atoms with Gasteiger partial charge in [-0.2, -0.15) is 0 Å². The van der Waals surface area contributed by atoms with Crippen LogP contribution in [0, 0.1) is 6.92 Å². The number of carboxylic acid groups (broad SMARTS) is 1. The van der Waals surface area contributed by atoms with Gasteiger partial charge in [-0.05, 0) is 48.4 Å². The van der Waals surface area contributed by atoms with E-state index in [9.17, 15) is 9.59 Å². The van der Waals surface area contributed by atoms with E-state index in [-0.39, 0.29) is 11.7 Å². The average molecular weight is 271 g/mol. The molecule has 102 valence electrons. The molecule has 1 aromatic heterocycles. The van der Waals surface area contributed by atoms with Gasteiger partial charge in [0.1, 0.15) is 0 Å². The van der Waals surface area contributed by atoms with Gasteiger partial charge >= 0.3 is 5.97 Å². The molecule has 2 rings (SSSR count). The quantitative estimate of drug-likeness (QED) is 0.838. The molecule has 5 heteroatoms. The van der Waals surface area contributed by atoms with Crippen molar-refractivity contribution in [1.82, 2.24) is 0 Å². The summed E-state index contributed by atoms with van der Waals surface area (Å²) in [6.07, 6.45) is 3.96. The number of carbonyl (C=O) groups is 2. The third kappa shape index (κ3) is 3.35. The third-order valence-corrected chi connectivity index (χ3v) is 2.69. The highest BCUT2D eigenvalue weighted by Crippen LogP contribution is 2.17. The number of carbonyl (C=O) groups excluding carboxylic acids is 1. The molecule has 1 aromatic carbocycles. The number of nitrogens with one attached hydrogen (secondary N) is 1. The zero-order valence-electron chi connectivity index (χ0n) is 10.8. The van der Waals surface area contributed by atoms with Crippen LogP contribution in [0.5, 0.6) is 0 Å². The fraction of sp³-hybridized carbons (Fsp3) is 0.0667. The molecular weight excluding hydrogens is 258 g/mol. The fourth-order valence-corrected chi connectivity index (χ4v) is 1.66. The number of carboxylic acids is 1. The summed E-state index contributed by atoms with van der Waals surface area (Å²) in [5, 5.41) is 11.3. The van der Waals surface area contributed by atoms with Crippen LogP contribution >= 0.6 is 0 Å². The molecule has 0 saturated heterocycles. The first kappa shape index (κ1) is 13.6. The smallest absolute Gasteiger partial charge is 0.328 e. The van der Waals surface area contributed by atoms with E-state index < -0.39 is 5.97 Å². The number of aryl methyl sites for hydroxylation is 1. The molecule has 2 aromatic rings. The van der Waals surface area contributed by atoms with Gasteiger partial charge in [0.05, 0.1) is 6.26 Å². The van der Waals surface area contributed by atoms with Crippen molar-refractivity contribution < 1.29 is 19.1 Å². The summed E-state index contributed by atoms with van der Waals surface area (Å²) >= 11 is 0. The lowest BCUT2D eigenvalue weighted by molar-refractivity contribution is -0.131. The molecule has 5 nitrogen and oxygen atoms in total. The lowest BCUT2D eigenvalue weighted by Crippen LogP contribution is -2.10. The molecule has 1 amide bonds. The largest absolute Gasteiger partial charge is 0.478 e. The zero-order valence-corrected chi connectivity index (χ0v) is 10.8. The van der Waals surface area contributed by atoms with E-state index in [1.807, 2.05) is 6.92 Å². The lowest BCUT2D eigenvalue weighted by Gasteiger charge is -2.06. The minimum absolute atomic E-state index is 0.216. The van der Waals surface area contributed by atoms with Gasteiger partial charge < -0.3 is 14.8 Å². The van der Waals surface area contributed by atoms with Gasteiger partial charge in [0, 0.05) is 11.8 Å². The highest BCUT2D eigenvalue weighted by Gasteiger charge is 2.09. The normalized spacial score (nSPS) is 10.7. The monoisotopic (exact) mass is 271 g/mol. The molecule has 0 aliphatic carbocycles. The zero-order chi connectivity index (χ0) is 14.5. The highest BCUT2D eigenvalue weighted by molar-refractivity contribution is 6.02. The van der Waals surface area contributed by atoms with Crippen LogP contribution in [-0.4, -0.2) is 17.0 Å². The molecule has 0 saturated carbocycles. The predicted octanol–water partition coefficient (Wildman–Crippen LogP) is 2.94. The second-order valence-corrected chi connectivity index (χ2v) is 4.17. The van der Waals surface area contributed by atoms with Crippen molar-refractivity contribution in [3.05, 3.63) is 59.6 Å². The Bertz CT molecular complexity index is 657. The summed E-state index contributed by atoms with van der Waals surface area (Å²) < 4.78 is 5.00. The summed E-state index contributed by atoms with van der Waals surface area (Å²) in [6.45, 7) is 1.86. The number of amides is 1. The van der Waals surface area contributed by atoms with E-state index in [1.165, 1.54) is 12.3 Å². The van der Waals surface area contributed by atoms with Crippen LogP contribution < -0.4 is 5.32 Å². The summed E-state index contributed by atoms with van der Waals surface area (Å²) in [4.78, 5) is 22.4. The number of benzene rings is 1. The Hall–Kier alpha value is -2.82. The number of hydrogen-bond acceptors (Lipinski definition) is 3. The standard InChI is InChI=1S/C15H13NO4/c1-10-4-6-12(9-11(10)5-7-14(17)18)16-15(19)13-3-2-8-20-13/h2-9H,1H3,(H,16,19)(H,17,18). The van der Waals surface area contributed by atoms with E-state index >= 15 is 0 Å². The fourth-order valence-electron chi connectivity index (χ4n) is 1.66. The van der Waals surface area contributed by atoms with Gasteiger partial charge in [-0.3, -0.25) is 4.79 Å². The molecule has 0 radical (unpaired) electrons. The first-order chi connectivity index (χ1) is 9.56. The van der Waals surface area contributed by atoms with Gasteiger partial charge in [0.25, 0.3) is 5.91 Å². The van der Waals surface area contributed by atoms with Crippen LogP contribution in [0.25, 0.3) is 6.08 Å². The first-order valence-corrected chi connectivity index (χ1v) is 5.93. The van der Waals surface area contributed by atoms with Crippen LogP contribution in [0.3, 0.4) is 0 Å². The molecule has 0 aliphatic rings. The van der Waals surface area contributed by atoms with Crippen LogP contribution in [-0.2, 0) is 4.79 Å². The second kappa shape index (κ2) is 5.88. The van der Waals surface area contributed by atoms with Gasteiger partial charge in [-0.1, -0.05) is 6.07 Å². The molecular formula is C15H13NO4. The maximum Gasteiger partial charge on any atom is 0.328 e. The van der Waals surface area contributed by atoms with E-state index in [2.05, 4.69) is 5.32 Å². The topological polar surface area (TPSA) is 79.5 Å². The Morgan fingerprint density at radius 3 is 2.75 bits per heavy atom. The van der Waals surface area contributed by atoms with Gasteiger partial charge in [-0.25, -0.2) is 4.79 Å². The molecule has 0 bridgehead atoms. The van der Waals surface area contributed by atoms with Crippen molar-refractivity contribution in [3.8, 4) is 0 Å². The number of rotatable bonds is 4. The summed E-state index contributed by atoms with van der Waals surface area (Å²) in [6, 6.07) is 8.45. The first-order valence-electron chi connectivity index (χ1n) is 5.93. The maximum atomic E-state index is 11.8. The van der Waals surface area contributed by atoms with Crippen molar-refractivity contribution >= 4 is 23.6 Å². The Labute approximate surface area is 115 Å². The van der Waals surface area contributed by atoms with Crippen molar-refractivity contribution in [2.24, 2.45) is 0 Å². The molecule has 0 unspecified atom stereocenters. The number of furan rings is 1. The van der Waals surface area contributed by atoms with E-state index in [0.717, 1.165) is 17.2 Å². The van der Waals surface area contributed by atoms with Crippen LogP contribution in [0.1, 0.15) is 21.7 Å². The van der Waals surface area contributed by atoms with Crippen LogP contribution in [0.4, 0.5) is 5.69 Å². The summed E-state index contributed by atoms with van der Waals surface area (Å²) in [5.74, 6) is -1.16. The minimum atomic E-state index is -1.02. The maximum absolute atomic E-state index is 11.8. The van der Waals surface area contributed by atoms with Crippen molar-refractivity contribution in [1.29, 1.82) is 0 Å². The van der Waals surface area contributed by atoms with Gasteiger partial charge in [0.15, 0.2) is 5.76 Å². The highest BCUT2D eigenvalue weighted by atomic mass is 16.4. The average Bonchev–Trinajstić information content (AvgIpc) is 2.93. The Morgan fingerprint density at radius 2 is 2.10 bits per heavy atom. The molecule has 0 aliphatic heterocycles. The molecule has 20 heavy (non-hydrogen) atoms. The lowest BCUT2D eigenvalue weighted by atomic mass is 10.1. The minimum Gasteiger partial charge on any atom is -0.478 e. The molecule has 0 spiro atoms. The SMILES string of the molecule is Cc1ccc(NC(=O)c2ccco2)cc1C=CC(=O)O. The van der Waals surface area contributed by atoms with Crippen molar-refractivity contribution in [3.63, 3.8) is 0 Å². The second-order valence-electron chi connectivity index (χ2n) is 4.17. The Kier molecular flexibility index (Phi) is 4.00. The van der Waals surface area contributed by atoms with E-state index in [4.69, 9.17) is 9.52 Å². The molecule has 0 atom stereocenters. The number of anilines is 1. The number of hydrogen-bond donors (Lipinski definition) is 2. The third-order valence-electron chi connectivity index (χ3n) is 2.69. The Morgan fingerprint density at radius 1 is 1.30 bits per heavy atom.